The molecule has 2 heterocycles. The second-order valence-electron chi connectivity index (χ2n) is 6.15. The number of morpholine rings is 1. The van der Waals surface area contributed by atoms with Crippen molar-refractivity contribution in [3.63, 3.8) is 0 Å². The fourth-order valence-electron chi connectivity index (χ4n) is 2.89. The number of amides is 2. The van der Waals surface area contributed by atoms with Crippen molar-refractivity contribution in [3.05, 3.63) is 0 Å². The zero-order chi connectivity index (χ0) is 14.8. The molecular weight excluding hydrogens is 260 g/mol. The molecule has 6 nitrogen and oxygen atoms in total. The van der Waals surface area contributed by atoms with Crippen LogP contribution in [0.5, 0.6) is 0 Å². The summed E-state index contributed by atoms with van der Waals surface area (Å²) in [7, 11) is 1.63. The number of methoxy groups -OCH3 is 1. The molecule has 2 rings (SSSR count). The number of ether oxygens (including phenoxy) is 2. The number of hydrogen-bond acceptors (Lipinski definition) is 4. The highest BCUT2D eigenvalue weighted by Crippen LogP contribution is 2.22. The van der Waals surface area contributed by atoms with Crippen molar-refractivity contribution in [2.24, 2.45) is 0 Å². The third-order valence-corrected chi connectivity index (χ3v) is 3.68. The zero-order valence-corrected chi connectivity index (χ0v) is 12.6. The fraction of sp³-hybridized carbons (Fsp3) is 0.857. The van der Waals surface area contributed by atoms with Crippen LogP contribution in [0.4, 0.5) is 0 Å². The molecule has 6 heteroatoms. The number of rotatable bonds is 4. The van der Waals surface area contributed by atoms with Crippen LogP contribution in [0.25, 0.3) is 0 Å². The Balaban J connectivity index is 1.95. The van der Waals surface area contributed by atoms with E-state index in [0.717, 1.165) is 6.42 Å². The Morgan fingerprint density at radius 1 is 1.50 bits per heavy atom. The predicted octanol–water partition coefficient (Wildman–Crippen LogP) is 0.261. The van der Waals surface area contributed by atoms with E-state index in [9.17, 15) is 9.59 Å². The van der Waals surface area contributed by atoms with Gasteiger partial charge in [0.2, 0.25) is 11.8 Å². The lowest BCUT2D eigenvalue weighted by Gasteiger charge is -2.43. The summed E-state index contributed by atoms with van der Waals surface area (Å²) in [5.74, 6) is 0.0806. The van der Waals surface area contributed by atoms with Crippen LogP contribution < -0.4 is 0 Å². The molecule has 2 aliphatic rings. The van der Waals surface area contributed by atoms with Crippen molar-refractivity contribution in [2.75, 3.05) is 39.9 Å². The van der Waals surface area contributed by atoms with Gasteiger partial charge in [-0.15, -0.1) is 0 Å². The van der Waals surface area contributed by atoms with Crippen molar-refractivity contribution in [2.45, 2.75) is 38.4 Å². The van der Waals surface area contributed by atoms with Gasteiger partial charge in [-0.1, -0.05) is 0 Å². The first-order chi connectivity index (χ1) is 9.41. The lowest BCUT2D eigenvalue weighted by atomic mass is 10.1. The molecule has 0 spiro atoms. The third-order valence-electron chi connectivity index (χ3n) is 3.68. The largest absolute Gasteiger partial charge is 0.382 e. The van der Waals surface area contributed by atoms with Crippen LogP contribution in [0.15, 0.2) is 0 Å². The van der Waals surface area contributed by atoms with Gasteiger partial charge in [-0.25, -0.2) is 0 Å². The molecule has 0 saturated carbocycles. The quantitative estimate of drug-likeness (QED) is 0.743. The highest BCUT2D eigenvalue weighted by atomic mass is 16.5. The van der Waals surface area contributed by atoms with Gasteiger partial charge in [-0.3, -0.25) is 9.59 Å². The summed E-state index contributed by atoms with van der Waals surface area (Å²) in [6.45, 7) is 6.36. The Hall–Kier alpha value is -1.14. The summed E-state index contributed by atoms with van der Waals surface area (Å²) in [6, 6.07) is 0. The Bertz CT molecular complexity index is 383. The summed E-state index contributed by atoms with van der Waals surface area (Å²) in [6.07, 6.45) is 1.31. The lowest BCUT2D eigenvalue weighted by molar-refractivity contribution is -0.169. The maximum Gasteiger partial charge on any atom is 0.242 e. The maximum atomic E-state index is 12.4. The molecule has 0 aliphatic carbocycles. The van der Waals surface area contributed by atoms with Crippen LogP contribution in [0.1, 0.15) is 26.7 Å². The van der Waals surface area contributed by atoms with Gasteiger partial charge in [0.25, 0.3) is 0 Å². The minimum Gasteiger partial charge on any atom is -0.382 e. The smallest absolute Gasteiger partial charge is 0.242 e. The highest BCUT2D eigenvalue weighted by molar-refractivity contribution is 5.86. The third kappa shape index (κ3) is 3.70. The highest BCUT2D eigenvalue weighted by Gasteiger charge is 2.36. The van der Waals surface area contributed by atoms with Crippen LogP contribution >= 0.6 is 0 Å². The van der Waals surface area contributed by atoms with Crippen molar-refractivity contribution in [1.29, 1.82) is 0 Å². The Morgan fingerprint density at radius 3 is 2.85 bits per heavy atom. The first-order valence-corrected chi connectivity index (χ1v) is 7.13. The van der Waals surface area contributed by atoms with Gasteiger partial charge in [0.1, 0.15) is 0 Å². The molecular formula is C14H24N2O4. The molecule has 2 fully saturated rings. The van der Waals surface area contributed by atoms with E-state index in [1.54, 1.807) is 16.9 Å². The molecule has 114 valence electrons. The molecule has 0 aromatic rings. The van der Waals surface area contributed by atoms with Gasteiger partial charge >= 0.3 is 0 Å². The number of carbonyl (C=O) groups is 2. The van der Waals surface area contributed by atoms with E-state index in [1.165, 1.54) is 0 Å². The van der Waals surface area contributed by atoms with Crippen LogP contribution in [0.3, 0.4) is 0 Å². The summed E-state index contributed by atoms with van der Waals surface area (Å²) in [5, 5.41) is 0. The maximum absolute atomic E-state index is 12.4. The first kappa shape index (κ1) is 15.3. The van der Waals surface area contributed by atoms with E-state index in [4.69, 9.17) is 9.47 Å². The molecule has 0 aromatic carbocycles. The molecule has 20 heavy (non-hydrogen) atoms. The number of hydrogen-bond donors (Lipinski definition) is 0. The van der Waals surface area contributed by atoms with E-state index < -0.39 is 0 Å². The Kier molecular flexibility index (Phi) is 4.65. The molecule has 2 amide bonds. The average Bonchev–Trinajstić information content (AvgIpc) is 2.73. The van der Waals surface area contributed by atoms with Crippen LogP contribution in [-0.4, -0.2) is 73.2 Å². The molecule has 0 N–H and O–H groups in total. The van der Waals surface area contributed by atoms with Gasteiger partial charge in [-0.2, -0.15) is 0 Å². The normalized spacial score (nSPS) is 26.1. The van der Waals surface area contributed by atoms with Crippen molar-refractivity contribution < 1.29 is 19.1 Å². The van der Waals surface area contributed by atoms with E-state index >= 15 is 0 Å². The predicted molar refractivity (Wildman–Crippen MR) is 73.2 cm³/mol. The van der Waals surface area contributed by atoms with Crippen molar-refractivity contribution in [1.82, 2.24) is 9.80 Å². The zero-order valence-electron chi connectivity index (χ0n) is 12.6. The first-order valence-electron chi connectivity index (χ1n) is 7.13. The molecule has 2 saturated heterocycles. The molecule has 0 bridgehead atoms. The van der Waals surface area contributed by atoms with Crippen LogP contribution in [0.2, 0.25) is 0 Å². The monoisotopic (exact) mass is 284 g/mol. The van der Waals surface area contributed by atoms with Gasteiger partial charge in [0, 0.05) is 33.2 Å². The summed E-state index contributed by atoms with van der Waals surface area (Å²) >= 11 is 0. The molecule has 1 atom stereocenters. The summed E-state index contributed by atoms with van der Waals surface area (Å²) in [4.78, 5) is 27.4. The van der Waals surface area contributed by atoms with Crippen LogP contribution in [0, 0.1) is 0 Å². The number of nitrogens with zero attached hydrogens (tertiary/aromatic N) is 2. The minimum atomic E-state index is -0.383. The number of likely N-dealkylation sites (tertiary alicyclic amines) is 1. The molecule has 0 radical (unpaired) electrons. The molecule has 0 aromatic heterocycles. The Morgan fingerprint density at radius 2 is 2.25 bits per heavy atom. The van der Waals surface area contributed by atoms with E-state index in [0.29, 0.717) is 32.7 Å². The second kappa shape index (κ2) is 6.10. The van der Waals surface area contributed by atoms with Crippen molar-refractivity contribution in [3.8, 4) is 0 Å². The minimum absolute atomic E-state index is 0.00210. The van der Waals surface area contributed by atoms with Crippen LogP contribution in [-0.2, 0) is 19.1 Å². The summed E-state index contributed by atoms with van der Waals surface area (Å²) in [5.41, 5.74) is -0.383. The second-order valence-corrected chi connectivity index (χ2v) is 6.15. The topological polar surface area (TPSA) is 59.1 Å². The summed E-state index contributed by atoms with van der Waals surface area (Å²) < 4.78 is 11.0. The molecule has 2 aliphatic heterocycles. The SMILES string of the molecule is COCC1CN(C(=O)CN2CCCC2=O)CC(C)(C)O1. The lowest BCUT2D eigenvalue weighted by Crippen LogP contribution is -2.57. The van der Waals surface area contributed by atoms with Gasteiger partial charge < -0.3 is 19.3 Å². The van der Waals surface area contributed by atoms with Gasteiger partial charge in [-0.05, 0) is 20.3 Å². The van der Waals surface area contributed by atoms with Gasteiger partial charge in [0.15, 0.2) is 0 Å². The standard InChI is InChI=1S/C14H24N2O4/c1-14(2)10-16(7-11(20-14)9-19-3)13(18)8-15-6-4-5-12(15)17/h11H,4-10H2,1-3H3. The Labute approximate surface area is 120 Å². The fourth-order valence-corrected chi connectivity index (χ4v) is 2.89. The van der Waals surface area contributed by atoms with Gasteiger partial charge in [0.05, 0.1) is 24.9 Å². The average molecular weight is 284 g/mol. The van der Waals surface area contributed by atoms with E-state index in [2.05, 4.69) is 0 Å². The van der Waals surface area contributed by atoms with E-state index in [1.807, 2.05) is 13.8 Å². The van der Waals surface area contributed by atoms with Crippen molar-refractivity contribution >= 4 is 11.8 Å². The van der Waals surface area contributed by atoms with E-state index in [-0.39, 0.29) is 30.1 Å². The molecule has 1 unspecified atom stereocenters. The number of carbonyl (C=O) groups excluding carboxylic acids is 2.